The van der Waals surface area contributed by atoms with Gasteiger partial charge in [-0.05, 0) is 12.1 Å². The van der Waals surface area contributed by atoms with E-state index in [-0.39, 0.29) is 24.7 Å². The monoisotopic (exact) mass is 210 g/mol. The van der Waals surface area contributed by atoms with E-state index in [1.807, 2.05) is 0 Å². The molecule has 0 unspecified atom stereocenters. The van der Waals surface area contributed by atoms with Crippen molar-refractivity contribution in [2.45, 2.75) is 6.42 Å². The van der Waals surface area contributed by atoms with Gasteiger partial charge in [-0.15, -0.1) is 0 Å². The van der Waals surface area contributed by atoms with Gasteiger partial charge in [0.05, 0.1) is 13.0 Å². The fourth-order valence-electron chi connectivity index (χ4n) is 1.34. The zero-order chi connectivity index (χ0) is 10.1. The van der Waals surface area contributed by atoms with Crippen LogP contribution < -0.4 is 4.90 Å². The molecule has 1 amide bonds. The SMILES string of the molecule is O=C1CC(=O)N(c2cccc(Cl)n2)C1. The maximum atomic E-state index is 11.3. The molecule has 1 aromatic rings. The summed E-state index contributed by atoms with van der Waals surface area (Å²) in [5.74, 6) is 0.134. The quantitative estimate of drug-likeness (QED) is 0.514. The first kappa shape index (κ1) is 9.15. The van der Waals surface area contributed by atoms with E-state index in [4.69, 9.17) is 11.6 Å². The predicted molar refractivity (Wildman–Crippen MR) is 51.2 cm³/mol. The number of hydrogen-bond acceptors (Lipinski definition) is 3. The highest BCUT2D eigenvalue weighted by Gasteiger charge is 2.29. The van der Waals surface area contributed by atoms with Gasteiger partial charge in [-0.3, -0.25) is 14.5 Å². The van der Waals surface area contributed by atoms with E-state index in [2.05, 4.69) is 4.98 Å². The minimum absolute atomic E-state index is 0.0335. The third-order valence-corrected chi connectivity index (χ3v) is 2.17. The molecule has 0 aromatic carbocycles. The van der Waals surface area contributed by atoms with Crippen LogP contribution in [-0.4, -0.2) is 23.2 Å². The molecule has 0 N–H and O–H groups in total. The molecule has 14 heavy (non-hydrogen) atoms. The van der Waals surface area contributed by atoms with Crippen LogP contribution in [-0.2, 0) is 9.59 Å². The fraction of sp³-hybridized carbons (Fsp3) is 0.222. The lowest BCUT2D eigenvalue weighted by molar-refractivity contribution is -0.121. The van der Waals surface area contributed by atoms with Gasteiger partial charge in [-0.1, -0.05) is 17.7 Å². The van der Waals surface area contributed by atoms with E-state index in [0.717, 1.165) is 0 Å². The van der Waals surface area contributed by atoms with Gasteiger partial charge in [0.1, 0.15) is 11.0 Å². The number of carbonyl (C=O) groups excluding carboxylic acids is 2. The Hall–Kier alpha value is -1.42. The van der Waals surface area contributed by atoms with Gasteiger partial charge in [0, 0.05) is 0 Å². The summed E-state index contributed by atoms with van der Waals surface area (Å²) in [7, 11) is 0. The number of hydrogen-bond donors (Lipinski definition) is 0. The molecule has 5 heteroatoms. The Morgan fingerprint density at radius 1 is 1.36 bits per heavy atom. The molecule has 2 rings (SSSR count). The molecule has 0 bridgehead atoms. The molecule has 1 fully saturated rings. The first-order valence-corrected chi connectivity index (χ1v) is 4.49. The normalized spacial score (nSPS) is 16.5. The molecule has 0 atom stereocenters. The first-order chi connectivity index (χ1) is 6.66. The number of nitrogens with zero attached hydrogens (tertiary/aromatic N) is 2. The van der Waals surface area contributed by atoms with Crippen molar-refractivity contribution in [2.24, 2.45) is 0 Å². The first-order valence-electron chi connectivity index (χ1n) is 4.11. The van der Waals surface area contributed by atoms with Gasteiger partial charge in [-0.2, -0.15) is 0 Å². The van der Waals surface area contributed by atoms with Gasteiger partial charge >= 0.3 is 0 Å². The Balaban J connectivity index is 2.31. The van der Waals surface area contributed by atoms with E-state index in [9.17, 15) is 9.59 Å². The highest BCUT2D eigenvalue weighted by atomic mass is 35.5. The maximum Gasteiger partial charge on any atom is 0.236 e. The van der Waals surface area contributed by atoms with Crippen molar-refractivity contribution in [1.29, 1.82) is 0 Å². The molecule has 1 aromatic heterocycles. The third kappa shape index (κ3) is 1.61. The average molecular weight is 211 g/mol. The smallest absolute Gasteiger partial charge is 0.236 e. The summed E-state index contributed by atoms with van der Waals surface area (Å²) in [6.07, 6.45) is -0.0335. The number of Topliss-reactive ketones (excluding diaryl/α,β-unsaturated/α-hetero) is 1. The minimum atomic E-state index is -0.218. The number of ketones is 1. The van der Waals surface area contributed by atoms with Crippen molar-refractivity contribution < 1.29 is 9.59 Å². The second-order valence-electron chi connectivity index (χ2n) is 3.01. The Morgan fingerprint density at radius 2 is 2.14 bits per heavy atom. The molecule has 72 valence electrons. The number of anilines is 1. The molecule has 1 aliphatic rings. The summed E-state index contributed by atoms with van der Waals surface area (Å²) in [4.78, 5) is 27.6. The summed E-state index contributed by atoms with van der Waals surface area (Å²) in [5, 5.41) is 0.314. The average Bonchev–Trinajstić information content (AvgIpc) is 2.45. The van der Waals surface area contributed by atoms with Crippen LogP contribution in [0.2, 0.25) is 5.15 Å². The van der Waals surface area contributed by atoms with Crippen molar-refractivity contribution in [3.63, 3.8) is 0 Å². The van der Waals surface area contributed by atoms with E-state index in [1.54, 1.807) is 18.2 Å². The van der Waals surface area contributed by atoms with E-state index < -0.39 is 0 Å². The summed E-state index contributed by atoms with van der Waals surface area (Å²) < 4.78 is 0. The molecule has 0 saturated carbocycles. The van der Waals surface area contributed by atoms with Gasteiger partial charge < -0.3 is 0 Å². The van der Waals surface area contributed by atoms with Crippen LogP contribution in [0.5, 0.6) is 0 Å². The number of aromatic nitrogens is 1. The Bertz CT molecular complexity index is 406. The number of amides is 1. The third-order valence-electron chi connectivity index (χ3n) is 1.96. The molecule has 0 aliphatic carbocycles. The van der Waals surface area contributed by atoms with Crippen molar-refractivity contribution >= 4 is 29.1 Å². The van der Waals surface area contributed by atoms with E-state index in [1.165, 1.54) is 4.90 Å². The Morgan fingerprint density at radius 3 is 2.71 bits per heavy atom. The molecule has 1 aliphatic heterocycles. The zero-order valence-electron chi connectivity index (χ0n) is 7.24. The topological polar surface area (TPSA) is 50.3 Å². The molecular weight excluding hydrogens is 204 g/mol. The van der Waals surface area contributed by atoms with Crippen LogP contribution in [0.25, 0.3) is 0 Å². The maximum absolute atomic E-state index is 11.3. The Kier molecular flexibility index (Phi) is 2.21. The standard InChI is InChI=1S/C9H7ClN2O2/c10-7-2-1-3-8(11-7)12-5-6(13)4-9(12)14/h1-3H,4-5H2. The van der Waals surface area contributed by atoms with Crippen LogP contribution in [0.3, 0.4) is 0 Å². The summed E-state index contributed by atoms with van der Waals surface area (Å²) in [6.45, 7) is 0.103. The van der Waals surface area contributed by atoms with Crippen LogP contribution in [0.15, 0.2) is 18.2 Å². The lowest BCUT2D eigenvalue weighted by atomic mass is 10.3. The van der Waals surface area contributed by atoms with E-state index in [0.29, 0.717) is 11.0 Å². The number of carbonyl (C=O) groups is 2. The van der Waals surface area contributed by atoms with Crippen LogP contribution in [0.1, 0.15) is 6.42 Å². The molecular formula is C9H7ClN2O2. The zero-order valence-corrected chi connectivity index (χ0v) is 7.99. The largest absolute Gasteiger partial charge is 0.297 e. The van der Waals surface area contributed by atoms with Gasteiger partial charge in [-0.25, -0.2) is 4.98 Å². The van der Waals surface area contributed by atoms with Crippen molar-refractivity contribution in [3.05, 3.63) is 23.4 Å². The minimum Gasteiger partial charge on any atom is -0.297 e. The van der Waals surface area contributed by atoms with Crippen molar-refractivity contribution in [1.82, 2.24) is 4.98 Å². The highest BCUT2D eigenvalue weighted by molar-refractivity contribution is 6.29. The van der Waals surface area contributed by atoms with E-state index >= 15 is 0 Å². The lowest BCUT2D eigenvalue weighted by Gasteiger charge is -2.12. The van der Waals surface area contributed by atoms with Crippen LogP contribution in [0.4, 0.5) is 5.82 Å². The summed E-state index contributed by atoms with van der Waals surface area (Å²) in [5.41, 5.74) is 0. The molecule has 2 heterocycles. The number of rotatable bonds is 1. The van der Waals surface area contributed by atoms with Crippen molar-refractivity contribution in [2.75, 3.05) is 11.4 Å². The summed E-state index contributed by atoms with van der Waals surface area (Å²) >= 11 is 5.67. The van der Waals surface area contributed by atoms with Crippen LogP contribution in [0, 0.1) is 0 Å². The second kappa shape index (κ2) is 3.38. The number of halogens is 1. The van der Waals surface area contributed by atoms with Gasteiger partial charge in [0.25, 0.3) is 0 Å². The highest BCUT2D eigenvalue weighted by Crippen LogP contribution is 2.18. The van der Waals surface area contributed by atoms with Gasteiger partial charge in [0.2, 0.25) is 5.91 Å². The molecule has 1 saturated heterocycles. The molecule has 0 radical (unpaired) electrons. The van der Waals surface area contributed by atoms with Crippen LogP contribution >= 0.6 is 11.6 Å². The Labute approximate surface area is 85.5 Å². The number of pyridine rings is 1. The van der Waals surface area contributed by atoms with Crippen molar-refractivity contribution in [3.8, 4) is 0 Å². The van der Waals surface area contributed by atoms with Gasteiger partial charge in [0.15, 0.2) is 5.78 Å². The summed E-state index contributed by atoms with van der Waals surface area (Å²) in [6, 6.07) is 4.97. The lowest BCUT2D eigenvalue weighted by Crippen LogP contribution is -2.25. The fourth-order valence-corrected chi connectivity index (χ4v) is 1.50. The molecule has 0 spiro atoms. The molecule has 4 nitrogen and oxygen atoms in total. The predicted octanol–water partition coefficient (Wildman–Crippen LogP) is 1.04. The second-order valence-corrected chi connectivity index (χ2v) is 3.40.